The van der Waals surface area contributed by atoms with Gasteiger partial charge in [-0.15, -0.1) is 0 Å². The van der Waals surface area contributed by atoms with Crippen molar-refractivity contribution in [1.82, 2.24) is 9.80 Å². The molecule has 11 nitrogen and oxygen atoms in total. The van der Waals surface area contributed by atoms with E-state index in [0.717, 1.165) is 0 Å². The van der Waals surface area contributed by atoms with Crippen molar-refractivity contribution in [2.75, 3.05) is 45.2 Å². The Kier molecular flexibility index (Phi) is 13.9. The minimum absolute atomic E-state index is 0.000776. The maximum absolute atomic E-state index is 14.3. The number of methoxy groups -OCH3 is 1. The third kappa shape index (κ3) is 11.3. The quantitative estimate of drug-likeness (QED) is 0.350. The molecule has 0 saturated heterocycles. The average Bonchev–Trinajstić information content (AvgIpc) is 3.04. The Bertz CT molecular complexity index is 1470. The van der Waals surface area contributed by atoms with Crippen LogP contribution in [-0.2, 0) is 19.6 Å². The van der Waals surface area contributed by atoms with Gasteiger partial charge < -0.3 is 29.1 Å². The summed E-state index contributed by atoms with van der Waals surface area (Å²) < 4.78 is 84.6. The monoisotopic (exact) mass is 701 g/mol. The molecule has 0 aliphatic carbocycles. The molecular weight excluding hydrogens is 655 g/mol. The van der Waals surface area contributed by atoms with Gasteiger partial charge in [-0.25, -0.2) is 8.42 Å². The number of alkyl halides is 3. The highest BCUT2D eigenvalue weighted by molar-refractivity contribution is 7.92. The molecule has 0 radical (unpaired) electrons. The topological polar surface area (TPSA) is 135 Å². The van der Waals surface area contributed by atoms with Gasteiger partial charge in [-0.05, 0) is 75.6 Å². The van der Waals surface area contributed by atoms with Gasteiger partial charge in [0.1, 0.15) is 11.5 Å². The molecule has 4 atom stereocenters. The number of sulfonamides is 1. The zero-order valence-corrected chi connectivity index (χ0v) is 28.8. The standard InChI is InChI=1S/C33H46F3N3O8S/c1-22-19-39(23(2)21-40)32(42)28-18-25(37-48(43,44)27-12-10-26(45-5)11-13-27)9-14-29(28)47-24(3)8-6-7-17-46-30(22)20-38(4)31(41)15-16-33(34,35)36/h9-14,18,22-24,30,37,40H,6-8,15-17,19-21H2,1-5H3/t22-,23+,24+,30-/m1/s1. The molecule has 1 aliphatic rings. The minimum atomic E-state index is -4.46. The number of likely N-dealkylation sites (N-methyl/N-ethyl adjacent to an activating group) is 1. The number of nitrogens with one attached hydrogen (secondary N) is 1. The highest BCUT2D eigenvalue weighted by Crippen LogP contribution is 2.30. The molecule has 15 heteroatoms. The van der Waals surface area contributed by atoms with Crippen LogP contribution in [0.4, 0.5) is 18.9 Å². The molecule has 0 saturated carbocycles. The highest BCUT2D eigenvalue weighted by Gasteiger charge is 2.32. The number of carbonyl (C=O) groups excluding carboxylic acids is 2. The van der Waals surface area contributed by atoms with Crippen LogP contribution in [0.3, 0.4) is 0 Å². The first-order valence-corrected chi connectivity index (χ1v) is 17.3. The lowest BCUT2D eigenvalue weighted by atomic mass is 10.0. The zero-order chi connectivity index (χ0) is 35.6. The van der Waals surface area contributed by atoms with E-state index in [0.29, 0.717) is 31.6 Å². The normalized spacial score (nSPS) is 20.6. The van der Waals surface area contributed by atoms with Crippen LogP contribution in [0.2, 0.25) is 0 Å². The predicted octanol–water partition coefficient (Wildman–Crippen LogP) is 5.09. The fraction of sp³-hybridized carbons (Fsp3) is 0.576. The Balaban J connectivity index is 1.95. The summed E-state index contributed by atoms with van der Waals surface area (Å²) in [6.45, 7) is 5.28. The van der Waals surface area contributed by atoms with Crippen molar-refractivity contribution in [3.05, 3.63) is 48.0 Å². The first-order chi connectivity index (χ1) is 22.5. The molecule has 48 heavy (non-hydrogen) atoms. The smallest absolute Gasteiger partial charge is 0.389 e. The summed E-state index contributed by atoms with van der Waals surface area (Å²) in [6, 6.07) is 9.54. The lowest BCUT2D eigenvalue weighted by molar-refractivity contribution is -0.149. The van der Waals surface area contributed by atoms with E-state index in [-0.39, 0.29) is 41.1 Å². The molecule has 1 heterocycles. The first kappa shape index (κ1) is 38.9. The number of nitrogens with zero attached hydrogens (tertiary/aromatic N) is 2. The molecule has 3 rings (SSSR count). The third-order valence-corrected chi connectivity index (χ3v) is 9.57. The highest BCUT2D eigenvalue weighted by atomic mass is 32.2. The number of ether oxygens (including phenoxy) is 3. The van der Waals surface area contributed by atoms with Crippen LogP contribution in [0.1, 0.15) is 63.2 Å². The molecule has 0 unspecified atom stereocenters. The number of benzene rings is 2. The predicted molar refractivity (Wildman–Crippen MR) is 174 cm³/mol. The van der Waals surface area contributed by atoms with Gasteiger partial charge in [-0.3, -0.25) is 14.3 Å². The Morgan fingerprint density at radius 3 is 2.48 bits per heavy atom. The van der Waals surface area contributed by atoms with E-state index in [2.05, 4.69) is 4.72 Å². The van der Waals surface area contributed by atoms with Crippen LogP contribution in [0, 0.1) is 5.92 Å². The van der Waals surface area contributed by atoms with Crippen molar-refractivity contribution in [3.8, 4) is 11.5 Å². The number of hydrogen-bond acceptors (Lipinski definition) is 8. The Morgan fingerprint density at radius 2 is 1.85 bits per heavy atom. The van der Waals surface area contributed by atoms with Crippen LogP contribution in [0.5, 0.6) is 11.5 Å². The SMILES string of the molecule is COc1ccc(S(=O)(=O)Nc2ccc3c(c2)C(=O)N([C@@H](C)CO)C[C@@H](C)[C@@H](CN(C)C(=O)CCC(F)(F)F)OCCCC[C@H](C)O3)cc1. The summed E-state index contributed by atoms with van der Waals surface area (Å²) in [5.74, 6) is -0.923. The molecule has 0 aromatic heterocycles. The number of aliphatic hydroxyl groups excluding tert-OH is 1. The summed E-state index contributed by atoms with van der Waals surface area (Å²) >= 11 is 0. The van der Waals surface area contributed by atoms with Gasteiger partial charge in [0.15, 0.2) is 0 Å². The molecular formula is C33H46F3N3O8S. The summed E-state index contributed by atoms with van der Waals surface area (Å²) in [5, 5.41) is 10.1. The number of carbonyl (C=O) groups is 2. The van der Waals surface area contributed by atoms with Gasteiger partial charge in [0.25, 0.3) is 15.9 Å². The van der Waals surface area contributed by atoms with Crippen molar-refractivity contribution < 1.29 is 50.5 Å². The van der Waals surface area contributed by atoms with E-state index in [1.54, 1.807) is 13.8 Å². The second-order valence-electron chi connectivity index (χ2n) is 12.2. The summed E-state index contributed by atoms with van der Waals surface area (Å²) in [6.07, 6.45) is -5.37. The largest absolute Gasteiger partial charge is 0.497 e. The Hall–Kier alpha value is -3.56. The second kappa shape index (κ2) is 17.2. The molecule has 1 aliphatic heterocycles. The minimum Gasteiger partial charge on any atom is -0.497 e. The molecule has 2 N–H and O–H groups in total. The third-order valence-electron chi connectivity index (χ3n) is 8.18. The summed E-state index contributed by atoms with van der Waals surface area (Å²) in [5.41, 5.74) is 0.179. The van der Waals surface area contributed by atoms with Crippen molar-refractivity contribution in [2.24, 2.45) is 5.92 Å². The van der Waals surface area contributed by atoms with E-state index in [1.165, 1.54) is 66.4 Å². The number of fused-ring (bicyclic) bond motifs is 1. The van der Waals surface area contributed by atoms with Gasteiger partial charge >= 0.3 is 6.18 Å². The van der Waals surface area contributed by atoms with Gasteiger partial charge in [-0.2, -0.15) is 13.2 Å². The molecule has 0 bridgehead atoms. The number of aliphatic hydroxyl groups is 1. The van der Waals surface area contributed by atoms with Crippen molar-refractivity contribution in [3.63, 3.8) is 0 Å². The molecule has 0 spiro atoms. The maximum atomic E-state index is 14.3. The van der Waals surface area contributed by atoms with Crippen molar-refractivity contribution in [1.29, 1.82) is 0 Å². The van der Waals surface area contributed by atoms with Crippen LogP contribution < -0.4 is 14.2 Å². The molecule has 2 aromatic carbocycles. The fourth-order valence-corrected chi connectivity index (χ4v) is 6.28. The van der Waals surface area contributed by atoms with Crippen LogP contribution in [0.15, 0.2) is 47.4 Å². The van der Waals surface area contributed by atoms with Gasteiger partial charge in [-0.1, -0.05) is 6.92 Å². The van der Waals surface area contributed by atoms with Crippen LogP contribution in [-0.4, -0.2) is 100 Å². The number of amides is 2. The van der Waals surface area contributed by atoms with Crippen molar-refractivity contribution >= 4 is 27.5 Å². The second-order valence-corrected chi connectivity index (χ2v) is 13.9. The molecule has 2 aromatic rings. The number of anilines is 1. The van der Waals surface area contributed by atoms with Gasteiger partial charge in [0, 0.05) is 44.8 Å². The number of halogens is 3. The van der Waals surface area contributed by atoms with Gasteiger partial charge in [0.05, 0.1) is 48.8 Å². The van der Waals surface area contributed by atoms with E-state index >= 15 is 0 Å². The van der Waals surface area contributed by atoms with Crippen LogP contribution >= 0.6 is 0 Å². The maximum Gasteiger partial charge on any atom is 0.389 e. The molecule has 0 fully saturated rings. The lowest BCUT2D eigenvalue weighted by Gasteiger charge is -2.36. The first-order valence-electron chi connectivity index (χ1n) is 15.9. The number of hydrogen-bond donors (Lipinski definition) is 2. The van der Waals surface area contributed by atoms with E-state index < -0.39 is 65.5 Å². The molecule has 2 amide bonds. The zero-order valence-electron chi connectivity index (χ0n) is 28.0. The van der Waals surface area contributed by atoms with Crippen LogP contribution in [0.25, 0.3) is 0 Å². The fourth-order valence-electron chi connectivity index (χ4n) is 5.23. The average molecular weight is 702 g/mol. The lowest BCUT2D eigenvalue weighted by Crippen LogP contribution is -2.48. The summed E-state index contributed by atoms with van der Waals surface area (Å²) in [7, 11) is -1.16. The summed E-state index contributed by atoms with van der Waals surface area (Å²) in [4.78, 5) is 29.4. The molecule has 268 valence electrons. The van der Waals surface area contributed by atoms with Gasteiger partial charge in [0.2, 0.25) is 5.91 Å². The van der Waals surface area contributed by atoms with Crippen molar-refractivity contribution in [2.45, 2.75) is 82.2 Å². The van der Waals surface area contributed by atoms with E-state index in [4.69, 9.17) is 14.2 Å². The number of rotatable bonds is 10. The van der Waals surface area contributed by atoms with E-state index in [1.807, 2.05) is 6.92 Å². The Labute approximate surface area is 280 Å². The Morgan fingerprint density at radius 1 is 1.17 bits per heavy atom. The van der Waals surface area contributed by atoms with E-state index in [9.17, 15) is 36.3 Å².